The normalized spacial score (nSPS) is 19.0. The second kappa shape index (κ2) is 5.99. The molecule has 2 heterocycles. The summed E-state index contributed by atoms with van der Waals surface area (Å²) < 4.78 is 11.9. The molecule has 1 fully saturated rings. The van der Waals surface area contributed by atoms with Gasteiger partial charge in [0.15, 0.2) is 0 Å². The fourth-order valence-electron chi connectivity index (χ4n) is 1.94. The predicted octanol–water partition coefficient (Wildman–Crippen LogP) is 3.23. The summed E-state index contributed by atoms with van der Waals surface area (Å²) in [7, 11) is 0. The molecule has 6 heteroatoms. The van der Waals surface area contributed by atoms with Crippen molar-refractivity contribution in [2.45, 2.75) is 38.9 Å². The number of pyridine rings is 1. The highest BCUT2D eigenvalue weighted by Crippen LogP contribution is 2.20. The molecule has 0 saturated carbocycles. The third-order valence-corrected chi connectivity index (χ3v) is 3.27. The van der Waals surface area contributed by atoms with E-state index in [9.17, 15) is 4.79 Å². The first-order valence-electron chi connectivity index (χ1n) is 6.59. The van der Waals surface area contributed by atoms with E-state index in [2.05, 4.69) is 20.9 Å². The molecule has 1 atom stereocenters. The van der Waals surface area contributed by atoms with Crippen LogP contribution in [0.1, 0.15) is 27.2 Å². The zero-order valence-corrected chi connectivity index (χ0v) is 13.5. The molecule has 1 amide bonds. The fraction of sp³-hybridized carbons (Fsp3) is 0.571. The molecule has 20 heavy (non-hydrogen) atoms. The van der Waals surface area contributed by atoms with Gasteiger partial charge in [0.05, 0.1) is 12.7 Å². The summed E-state index contributed by atoms with van der Waals surface area (Å²) in [6, 6.07) is 3.68. The monoisotopic (exact) mass is 342 g/mol. The van der Waals surface area contributed by atoms with Crippen molar-refractivity contribution >= 4 is 22.0 Å². The van der Waals surface area contributed by atoms with Gasteiger partial charge in [0.2, 0.25) is 0 Å². The third-order valence-electron chi connectivity index (χ3n) is 2.80. The van der Waals surface area contributed by atoms with Crippen LogP contribution in [0.15, 0.2) is 22.9 Å². The highest BCUT2D eigenvalue weighted by Gasteiger charge is 2.30. The van der Waals surface area contributed by atoms with Crippen molar-refractivity contribution in [3.05, 3.63) is 22.9 Å². The zero-order chi connectivity index (χ0) is 14.8. The van der Waals surface area contributed by atoms with Crippen LogP contribution in [0.2, 0.25) is 0 Å². The number of carbonyl (C=O) groups is 1. The molecule has 1 saturated heterocycles. The number of nitrogens with zero attached hydrogens (tertiary/aromatic N) is 2. The smallest absolute Gasteiger partial charge is 0.410 e. The van der Waals surface area contributed by atoms with E-state index in [4.69, 9.17) is 9.47 Å². The van der Waals surface area contributed by atoms with E-state index >= 15 is 0 Å². The lowest BCUT2D eigenvalue weighted by Crippen LogP contribution is -2.36. The molecule has 0 N–H and O–H groups in total. The average Bonchev–Trinajstić information content (AvgIpc) is 2.79. The van der Waals surface area contributed by atoms with Gasteiger partial charge in [-0.3, -0.25) is 0 Å². The Morgan fingerprint density at radius 1 is 1.45 bits per heavy atom. The van der Waals surface area contributed by atoms with Crippen LogP contribution in [0.4, 0.5) is 4.79 Å². The number of likely N-dealkylation sites (tertiary alicyclic amines) is 1. The molecule has 0 aromatic carbocycles. The Morgan fingerprint density at radius 3 is 2.80 bits per heavy atom. The Bertz CT molecular complexity index is 470. The SMILES string of the molecule is CC(C)(C)OC(=O)N1CCC(Oc2ccc(Br)nc2)C1. The highest BCUT2D eigenvalue weighted by molar-refractivity contribution is 9.10. The molecule has 0 spiro atoms. The quantitative estimate of drug-likeness (QED) is 0.774. The number of amides is 1. The third kappa shape index (κ3) is 4.37. The maximum absolute atomic E-state index is 11.9. The van der Waals surface area contributed by atoms with Gasteiger partial charge in [0.25, 0.3) is 0 Å². The second-order valence-electron chi connectivity index (χ2n) is 5.77. The minimum atomic E-state index is -0.467. The molecular weight excluding hydrogens is 324 g/mol. The lowest BCUT2D eigenvalue weighted by Gasteiger charge is -2.24. The van der Waals surface area contributed by atoms with Crippen LogP contribution in [0, 0.1) is 0 Å². The summed E-state index contributed by atoms with van der Waals surface area (Å²) in [6.45, 7) is 6.79. The standard InChI is InChI=1S/C14H19BrN2O3/c1-14(2,3)20-13(18)17-7-6-11(9-17)19-10-4-5-12(15)16-8-10/h4-5,8,11H,6-7,9H2,1-3H3. The molecule has 5 nitrogen and oxygen atoms in total. The van der Waals surface area contributed by atoms with E-state index in [0.717, 1.165) is 11.0 Å². The van der Waals surface area contributed by atoms with Crippen molar-refractivity contribution in [1.29, 1.82) is 0 Å². The molecule has 2 rings (SSSR count). The number of ether oxygens (including phenoxy) is 2. The van der Waals surface area contributed by atoms with E-state index in [1.807, 2.05) is 32.9 Å². The van der Waals surface area contributed by atoms with Crippen molar-refractivity contribution in [3.8, 4) is 5.75 Å². The van der Waals surface area contributed by atoms with E-state index in [-0.39, 0.29) is 12.2 Å². The number of aromatic nitrogens is 1. The maximum Gasteiger partial charge on any atom is 0.410 e. The molecule has 1 unspecified atom stereocenters. The van der Waals surface area contributed by atoms with E-state index in [0.29, 0.717) is 18.8 Å². The van der Waals surface area contributed by atoms with E-state index < -0.39 is 5.60 Å². The van der Waals surface area contributed by atoms with Crippen molar-refractivity contribution < 1.29 is 14.3 Å². The van der Waals surface area contributed by atoms with Crippen molar-refractivity contribution in [2.75, 3.05) is 13.1 Å². The molecule has 1 aromatic heterocycles. The van der Waals surface area contributed by atoms with Crippen LogP contribution in [0.5, 0.6) is 5.75 Å². The topological polar surface area (TPSA) is 51.7 Å². The molecule has 110 valence electrons. The fourth-order valence-corrected chi connectivity index (χ4v) is 2.18. The second-order valence-corrected chi connectivity index (χ2v) is 6.58. The highest BCUT2D eigenvalue weighted by atomic mass is 79.9. The first-order chi connectivity index (χ1) is 9.33. The summed E-state index contributed by atoms with van der Waals surface area (Å²) in [5.74, 6) is 0.712. The molecule has 0 radical (unpaired) electrons. The van der Waals surface area contributed by atoms with Crippen LogP contribution in [0.25, 0.3) is 0 Å². The summed E-state index contributed by atoms with van der Waals surface area (Å²) in [5, 5.41) is 0. The van der Waals surface area contributed by atoms with Crippen LogP contribution in [-0.4, -0.2) is 40.8 Å². The number of carbonyl (C=O) groups excluding carboxylic acids is 1. The summed E-state index contributed by atoms with van der Waals surface area (Å²) >= 11 is 3.28. The van der Waals surface area contributed by atoms with Gasteiger partial charge in [-0.05, 0) is 48.8 Å². The number of halogens is 1. The van der Waals surface area contributed by atoms with Crippen LogP contribution in [0.3, 0.4) is 0 Å². The summed E-state index contributed by atoms with van der Waals surface area (Å²) in [6.07, 6.45) is 2.18. The van der Waals surface area contributed by atoms with Crippen molar-refractivity contribution in [1.82, 2.24) is 9.88 Å². The van der Waals surface area contributed by atoms with Crippen molar-refractivity contribution in [2.24, 2.45) is 0 Å². The number of rotatable bonds is 2. The van der Waals surface area contributed by atoms with Gasteiger partial charge in [-0.25, -0.2) is 9.78 Å². The van der Waals surface area contributed by atoms with E-state index in [1.165, 1.54) is 0 Å². The predicted molar refractivity (Wildman–Crippen MR) is 78.8 cm³/mol. The number of hydrogen-bond donors (Lipinski definition) is 0. The Labute approximate surface area is 127 Å². The minimum Gasteiger partial charge on any atom is -0.487 e. The molecule has 0 bridgehead atoms. The van der Waals surface area contributed by atoms with Crippen LogP contribution < -0.4 is 4.74 Å². The Morgan fingerprint density at radius 2 is 2.20 bits per heavy atom. The molecule has 1 aliphatic rings. The van der Waals surface area contributed by atoms with Gasteiger partial charge in [-0.2, -0.15) is 0 Å². The minimum absolute atomic E-state index is 0.00880. The van der Waals surface area contributed by atoms with E-state index in [1.54, 1.807) is 11.1 Å². The van der Waals surface area contributed by atoms with Gasteiger partial charge in [-0.1, -0.05) is 0 Å². The average molecular weight is 343 g/mol. The lowest BCUT2D eigenvalue weighted by atomic mass is 10.2. The summed E-state index contributed by atoms with van der Waals surface area (Å²) in [5.41, 5.74) is -0.467. The molecule has 1 aromatic rings. The maximum atomic E-state index is 11.9. The largest absolute Gasteiger partial charge is 0.487 e. The first kappa shape index (κ1) is 15.1. The van der Waals surface area contributed by atoms with Gasteiger partial charge in [0, 0.05) is 13.0 Å². The molecular formula is C14H19BrN2O3. The van der Waals surface area contributed by atoms with Gasteiger partial charge in [-0.15, -0.1) is 0 Å². The molecule has 0 aliphatic carbocycles. The Hall–Kier alpha value is -1.30. The zero-order valence-electron chi connectivity index (χ0n) is 11.9. The van der Waals surface area contributed by atoms with Gasteiger partial charge >= 0.3 is 6.09 Å². The summed E-state index contributed by atoms with van der Waals surface area (Å²) in [4.78, 5) is 17.7. The van der Waals surface area contributed by atoms with Gasteiger partial charge < -0.3 is 14.4 Å². The number of hydrogen-bond acceptors (Lipinski definition) is 4. The Kier molecular flexibility index (Phi) is 4.52. The van der Waals surface area contributed by atoms with Gasteiger partial charge in [0.1, 0.15) is 22.1 Å². The Balaban J connectivity index is 1.86. The first-order valence-corrected chi connectivity index (χ1v) is 7.39. The lowest BCUT2D eigenvalue weighted by molar-refractivity contribution is 0.0275. The van der Waals surface area contributed by atoms with Crippen LogP contribution in [-0.2, 0) is 4.74 Å². The van der Waals surface area contributed by atoms with Crippen LogP contribution >= 0.6 is 15.9 Å². The van der Waals surface area contributed by atoms with Crippen molar-refractivity contribution in [3.63, 3.8) is 0 Å². The molecule has 1 aliphatic heterocycles.